The Morgan fingerprint density at radius 3 is 2.49 bits per heavy atom. The van der Waals surface area contributed by atoms with Crippen molar-refractivity contribution in [2.75, 3.05) is 18.2 Å². The fraction of sp³-hybridized carbons (Fsp3) is 0.231. The van der Waals surface area contributed by atoms with Gasteiger partial charge in [-0.1, -0.05) is 42.1 Å². The zero-order valence-corrected chi connectivity index (χ0v) is 20.9. The Kier molecular flexibility index (Phi) is 7.22. The lowest BCUT2D eigenvalue weighted by atomic mass is 10.2. The molecule has 1 N–H and O–H groups in total. The van der Waals surface area contributed by atoms with Crippen LogP contribution in [0.2, 0.25) is 0 Å². The van der Waals surface area contributed by atoms with E-state index in [4.69, 9.17) is 4.74 Å². The number of ether oxygens (including phenoxy) is 1. The first-order valence-electron chi connectivity index (χ1n) is 11.0. The summed E-state index contributed by atoms with van der Waals surface area (Å²) in [7, 11) is 3.49. The quantitative estimate of drug-likeness (QED) is 0.367. The van der Waals surface area contributed by atoms with E-state index < -0.39 is 0 Å². The van der Waals surface area contributed by atoms with Gasteiger partial charge in [-0.25, -0.2) is 0 Å². The summed E-state index contributed by atoms with van der Waals surface area (Å²) < 4.78 is 9.04. The average molecular weight is 487 g/mol. The standard InChI is InChI=1S/C26H26N6O2S/c1-17-18(2)32(15-19-8-6-5-7-9-19)25(22(17)14-27)28-23(33)16-35-26-30-29-24(31(26)3)20-10-12-21(34-4)13-11-20/h5-13H,15-16H2,1-4H3,(H,28,33). The lowest BCUT2D eigenvalue weighted by Gasteiger charge is -2.13. The number of carbonyl (C=O) groups excluding carboxylic acids is 1. The normalized spacial score (nSPS) is 10.7. The molecule has 0 spiro atoms. The number of amides is 1. The van der Waals surface area contributed by atoms with E-state index in [1.54, 1.807) is 7.11 Å². The van der Waals surface area contributed by atoms with Crippen molar-refractivity contribution in [2.24, 2.45) is 7.05 Å². The molecule has 8 nitrogen and oxygen atoms in total. The fourth-order valence-corrected chi connectivity index (χ4v) is 4.54. The molecular formula is C26H26N6O2S. The Bertz CT molecular complexity index is 1380. The highest BCUT2D eigenvalue weighted by Crippen LogP contribution is 2.28. The first kappa shape index (κ1) is 24.1. The minimum atomic E-state index is -0.215. The lowest BCUT2D eigenvalue weighted by molar-refractivity contribution is -0.113. The molecule has 0 atom stereocenters. The van der Waals surface area contributed by atoms with E-state index in [0.717, 1.165) is 28.1 Å². The van der Waals surface area contributed by atoms with Gasteiger partial charge in [-0.3, -0.25) is 4.79 Å². The third kappa shape index (κ3) is 5.08. The van der Waals surface area contributed by atoms with Gasteiger partial charge in [0, 0.05) is 24.8 Å². The van der Waals surface area contributed by atoms with Gasteiger partial charge < -0.3 is 19.2 Å². The number of anilines is 1. The van der Waals surface area contributed by atoms with Crippen molar-refractivity contribution in [3.05, 3.63) is 77.0 Å². The maximum absolute atomic E-state index is 12.9. The van der Waals surface area contributed by atoms with Crippen molar-refractivity contribution in [1.82, 2.24) is 19.3 Å². The van der Waals surface area contributed by atoms with Gasteiger partial charge in [0.25, 0.3) is 0 Å². The van der Waals surface area contributed by atoms with Crippen molar-refractivity contribution < 1.29 is 9.53 Å². The number of nitrogens with one attached hydrogen (secondary N) is 1. The minimum Gasteiger partial charge on any atom is -0.497 e. The van der Waals surface area contributed by atoms with Gasteiger partial charge in [0.2, 0.25) is 5.91 Å². The molecule has 2 heterocycles. The summed E-state index contributed by atoms with van der Waals surface area (Å²) in [5.74, 6) is 1.90. The summed E-state index contributed by atoms with van der Waals surface area (Å²) >= 11 is 1.29. The second-order valence-corrected chi connectivity index (χ2v) is 8.99. The third-order valence-electron chi connectivity index (χ3n) is 5.90. The zero-order chi connectivity index (χ0) is 24.9. The number of nitrogens with zero attached hydrogens (tertiary/aromatic N) is 5. The number of thioether (sulfide) groups is 1. The number of nitriles is 1. The molecule has 178 valence electrons. The largest absolute Gasteiger partial charge is 0.497 e. The molecule has 0 aliphatic carbocycles. The van der Waals surface area contributed by atoms with Gasteiger partial charge in [-0.15, -0.1) is 10.2 Å². The predicted octanol–water partition coefficient (Wildman–Crippen LogP) is 4.56. The van der Waals surface area contributed by atoms with Crippen LogP contribution in [0.25, 0.3) is 11.4 Å². The van der Waals surface area contributed by atoms with Crippen molar-refractivity contribution in [3.8, 4) is 23.2 Å². The van der Waals surface area contributed by atoms with Gasteiger partial charge in [0.05, 0.1) is 18.4 Å². The molecule has 35 heavy (non-hydrogen) atoms. The topological polar surface area (TPSA) is 97.8 Å². The predicted molar refractivity (Wildman–Crippen MR) is 137 cm³/mol. The molecular weight excluding hydrogens is 460 g/mol. The number of benzene rings is 2. The smallest absolute Gasteiger partial charge is 0.235 e. The van der Waals surface area contributed by atoms with Crippen LogP contribution in [-0.4, -0.2) is 38.1 Å². The molecule has 1 amide bonds. The molecule has 0 aliphatic rings. The highest BCUT2D eigenvalue weighted by atomic mass is 32.2. The molecule has 0 radical (unpaired) electrons. The Balaban J connectivity index is 1.49. The molecule has 4 rings (SSSR count). The summed E-state index contributed by atoms with van der Waals surface area (Å²) in [6.45, 7) is 4.43. The van der Waals surface area contributed by atoms with Crippen LogP contribution in [0.5, 0.6) is 5.75 Å². The Morgan fingerprint density at radius 2 is 1.83 bits per heavy atom. The highest BCUT2D eigenvalue weighted by molar-refractivity contribution is 7.99. The third-order valence-corrected chi connectivity index (χ3v) is 6.92. The molecule has 2 aromatic heterocycles. The number of rotatable bonds is 8. The maximum atomic E-state index is 12.9. The average Bonchev–Trinajstić information content (AvgIpc) is 3.35. The second-order valence-electron chi connectivity index (χ2n) is 8.05. The Labute approximate surface area is 208 Å². The van der Waals surface area contributed by atoms with Crippen LogP contribution >= 0.6 is 11.8 Å². The van der Waals surface area contributed by atoms with Crippen LogP contribution in [0.4, 0.5) is 5.82 Å². The zero-order valence-electron chi connectivity index (χ0n) is 20.1. The minimum absolute atomic E-state index is 0.133. The summed E-state index contributed by atoms with van der Waals surface area (Å²) in [5, 5.41) is 21.9. The van der Waals surface area contributed by atoms with Crippen LogP contribution < -0.4 is 10.1 Å². The monoisotopic (exact) mass is 486 g/mol. The Hall–Kier alpha value is -4.03. The summed E-state index contributed by atoms with van der Waals surface area (Å²) in [4.78, 5) is 12.9. The molecule has 9 heteroatoms. The summed E-state index contributed by atoms with van der Waals surface area (Å²) in [6, 6.07) is 19.8. The van der Waals surface area contributed by atoms with E-state index in [2.05, 4.69) is 21.6 Å². The molecule has 0 fully saturated rings. The fourth-order valence-electron chi connectivity index (χ4n) is 3.82. The summed E-state index contributed by atoms with van der Waals surface area (Å²) in [5.41, 5.74) is 4.29. The number of carbonyl (C=O) groups is 1. The van der Waals surface area contributed by atoms with Crippen LogP contribution in [-0.2, 0) is 18.4 Å². The van der Waals surface area contributed by atoms with Crippen LogP contribution in [0.15, 0.2) is 59.8 Å². The SMILES string of the molecule is COc1ccc(-c2nnc(SCC(=O)Nc3c(C#N)c(C)c(C)n3Cc3ccccc3)n2C)cc1. The van der Waals surface area contributed by atoms with Gasteiger partial charge in [0.1, 0.15) is 17.6 Å². The van der Waals surface area contributed by atoms with Crippen molar-refractivity contribution >= 4 is 23.5 Å². The number of hydrogen-bond donors (Lipinski definition) is 1. The Morgan fingerprint density at radius 1 is 1.11 bits per heavy atom. The second kappa shape index (κ2) is 10.5. The summed E-state index contributed by atoms with van der Waals surface area (Å²) in [6.07, 6.45) is 0. The lowest BCUT2D eigenvalue weighted by Crippen LogP contribution is -2.19. The van der Waals surface area contributed by atoms with Crippen LogP contribution in [0, 0.1) is 25.2 Å². The van der Waals surface area contributed by atoms with Gasteiger partial charge in [-0.05, 0) is 49.2 Å². The van der Waals surface area contributed by atoms with Crippen molar-refractivity contribution in [1.29, 1.82) is 5.26 Å². The highest BCUT2D eigenvalue weighted by Gasteiger charge is 2.20. The van der Waals surface area contributed by atoms with Gasteiger partial charge in [-0.2, -0.15) is 5.26 Å². The maximum Gasteiger partial charge on any atom is 0.235 e. The van der Waals surface area contributed by atoms with E-state index in [-0.39, 0.29) is 11.7 Å². The number of aromatic nitrogens is 4. The first-order chi connectivity index (χ1) is 16.9. The van der Waals surface area contributed by atoms with Crippen LogP contribution in [0.3, 0.4) is 0 Å². The molecule has 4 aromatic rings. The first-order valence-corrected chi connectivity index (χ1v) is 12.0. The molecule has 0 saturated carbocycles. The van der Waals surface area contributed by atoms with E-state index in [1.165, 1.54) is 11.8 Å². The van der Waals surface area contributed by atoms with Gasteiger partial charge in [0.15, 0.2) is 11.0 Å². The van der Waals surface area contributed by atoms with Crippen molar-refractivity contribution in [3.63, 3.8) is 0 Å². The van der Waals surface area contributed by atoms with E-state index in [9.17, 15) is 10.1 Å². The van der Waals surface area contributed by atoms with E-state index in [0.29, 0.717) is 28.9 Å². The van der Waals surface area contributed by atoms with Crippen molar-refractivity contribution in [2.45, 2.75) is 25.5 Å². The molecule has 0 saturated heterocycles. The van der Waals surface area contributed by atoms with E-state index >= 15 is 0 Å². The molecule has 2 aromatic carbocycles. The van der Waals surface area contributed by atoms with Crippen LogP contribution in [0.1, 0.15) is 22.4 Å². The van der Waals surface area contributed by atoms with E-state index in [1.807, 2.05) is 84.6 Å². The number of methoxy groups -OCH3 is 1. The number of hydrogen-bond acceptors (Lipinski definition) is 6. The van der Waals surface area contributed by atoms with Gasteiger partial charge >= 0.3 is 0 Å². The molecule has 0 bridgehead atoms. The molecule has 0 aliphatic heterocycles. The molecule has 0 unspecified atom stereocenters.